The Morgan fingerprint density at radius 3 is 2.59 bits per heavy atom. The molecule has 6 heteroatoms. The summed E-state index contributed by atoms with van der Waals surface area (Å²) in [6.07, 6.45) is 0.708. The second-order valence-corrected chi connectivity index (χ2v) is 7.17. The molecule has 0 saturated carbocycles. The Morgan fingerprint density at radius 1 is 1.14 bits per heavy atom. The normalized spacial score (nSPS) is 15.3. The fraction of sp³-hybridized carbons (Fsp3) is 0.250. The monoisotopic (exact) mass is 318 g/mol. The number of nitrogens with zero attached hydrogens (tertiary/aromatic N) is 1. The third-order valence-corrected chi connectivity index (χ3v) is 5.77. The molecular weight excluding hydrogens is 300 g/mol. The van der Waals surface area contributed by atoms with E-state index in [1.165, 1.54) is 23.0 Å². The van der Waals surface area contributed by atoms with Crippen molar-refractivity contribution in [2.75, 3.05) is 19.4 Å². The van der Waals surface area contributed by atoms with Crippen LogP contribution in [-0.4, -0.2) is 26.4 Å². The van der Waals surface area contributed by atoms with Gasteiger partial charge >= 0.3 is 0 Å². The quantitative estimate of drug-likeness (QED) is 0.879. The molecule has 116 valence electrons. The van der Waals surface area contributed by atoms with Gasteiger partial charge in [-0.3, -0.25) is 0 Å². The minimum absolute atomic E-state index is 0.120. The van der Waals surface area contributed by atoms with Gasteiger partial charge in [-0.2, -0.15) is 4.31 Å². The molecule has 0 aromatic heterocycles. The zero-order valence-electron chi connectivity index (χ0n) is 12.3. The maximum atomic E-state index is 12.9. The summed E-state index contributed by atoms with van der Waals surface area (Å²) in [6, 6.07) is 12.6. The fourth-order valence-corrected chi connectivity index (χ4v) is 4.32. The Labute approximate surface area is 130 Å². The zero-order valence-corrected chi connectivity index (χ0v) is 13.1. The summed E-state index contributed by atoms with van der Waals surface area (Å²) in [5.41, 5.74) is 8.39. The summed E-state index contributed by atoms with van der Waals surface area (Å²) in [5, 5.41) is 0. The third kappa shape index (κ3) is 2.55. The Kier molecular flexibility index (Phi) is 3.80. The van der Waals surface area contributed by atoms with Crippen molar-refractivity contribution in [2.45, 2.75) is 17.9 Å². The first-order valence-electron chi connectivity index (χ1n) is 7.03. The number of fused-ring (bicyclic) bond motifs is 1. The molecule has 0 fully saturated rings. The molecule has 1 heterocycles. The standard InChI is InChI=1S/C16H18N2O3S/c1-21-15-7-6-14(17)10-16(15)22(19,20)18-9-8-12-4-2-3-5-13(12)11-18/h2-7,10H,8-9,11,17H2,1H3. The minimum atomic E-state index is -3.64. The molecule has 0 saturated heterocycles. The number of nitrogens with two attached hydrogens (primary N) is 1. The predicted molar refractivity (Wildman–Crippen MR) is 85.1 cm³/mol. The van der Waals surface area contributed by atoms with Gasteiger partial charge in [0.05, 0.1) is 7.11 Å². The van der Waals surface area contributed by atoms with Gasteiger partial charge in [-0.05, 0) is 35.7 Å². The number of anilines is 1. The van der Waals surface area contributed by atoms with Gasteiger partial charge in [0.25, 0.3) is 0 Å². The lowest BCUT2D eigenvalue weighted by molar-refractivity contribution is 0.378. The van der Waals surface area contributed by atoms with E-state index in [-0.39, 0.29) is 4.90 Å². The summed E-state index contributed by atoms with van der Waals surface area (Å²) in [5.74, 6) is 0.313. The van der Waals surface area contributed by atoms with Crippen LogP contribution in [0.25, 0.3) is 0 Å². The third-order valence-electron chi connectivity index (χ3n) is 3.90. The molecule has 5 nitrogen and oxygen atoms in total. The summed E-state index contributed by atoms with van der Waals surface area (Å²) in [4.78, 5) is 0.120. The van der Waals surface area contributed by atoms with E-state index in [0.29, 0.717) is 30.9 Å². The van der Waals surface area contributed by atoms with Crippen molar-refractivity contribution in [3.8, 4) is 5.75 Å². The molecule has 0 bridgehead atoms. The van der Waals surface area contributed by atoms with E-state index in [9.17, 15) is 8.42 Å². The number of hydrogen-bond donors (Lipinski definition) is 1. The number of sulfonamides is 1. The van der Waals surface area contributed by atoms with E-state index in [1.807, 2.05) is 24.3 Å². The second kappa shape index (κ2) is 5.62. The van der Waals surface area contributed by atoms with E-state index in [1.54, 1.807) is 12.1 Å². The lowest BCUT2D eigenvalue weighted by atomic mass is 10.0. The van der Waals surface area contributed by atoms with Crippen LogP contribution in [0.4, 0.5) is 5.69 Å². The van der Waals surface area contributed by atoms with E-state index in [2.05, 4.69) is 0 Å². The molecule has 0 aliphatic carbocycles. The van der Waals surface area contributed by atoms with Crippen LogP contribution < -0.4 is 10.5 Å². The van der Waals surface area contributed by atoms with Crippen LogP contribution in [0.15, 0.2) is 47.4 Å². The molecule has 0 atom stereocenters. The van der Waals surface area contributed by atoms with E-state index >= 15 is 0 Å². The highest BCUT2D eigenvalue weighted by molar-refractivity contribution is 7.89. The summed E-state index contributed by atoms with van der Waals surface area (Å²) >= 11 is 0. The molecule has 0 amide bonds. The van der Waals surface area contributed by atoms with E-state index < -0.39 is 10.0 Å². The van der Waals surface area contributed by atoms with Gasteiger partial charge < -0.3 is 10.5 Å². The van der Waals surface area contributed by atoms with Crippen molar-refractivity contribution < 1.29 is 13.2 Å². The van der Waals surface area contributed by atoms with E-state index in [4.69, 9.17) is 10.5 Å². The Hall–Kier alpha value is -2.05. The molecule has 2 aromatic carbocycles. The maximum Gasteiger partial charge on any atom is 0.247 e. The predicted octanol–water partition coefficient (Wildman–Crippen LogP) is 2.02. The summed E-state index contributed by atoms with van der Waals surface area (Å²) in [7, 11) is -2.19. The Morgan fingerprint density at radius 2 is 1.86 bits per heavy atom. The first kappa shape index (κ1) is 14.9. The molecule has 0 radical (unpaired) electrons. The molecule has 2 N–H and O–H groups in total. The molecule has 1 aliphatic heterocycles. The van der Waals surface area contributed by atoms with Crippen LogP contribution >= 0.6 is 0 Å². The maximum absolute atomic E-state index is 12.9. The van der Waals surface area contributed by atoms with Crippen LogP contribution in [-0.2, 0) is 23.0 Å². The van der Waals surface area contributed by atoms with Gasteiger partial charge in [-0.25, -0.2) is 8.42 Å². The Balaban J connectivity index is 2.00. The topological polar surface area (TPSA) is 72.6 Å². The Bertz CT molecular complexity index is 803. The number of hydrogen-bond acceptors (Lipinski definition) is 4. The highest BCUT2D eigenvalue weighted by atomic mass is 32.2. The molecule has 0 unspecified atom stereocenters. The fourth-order valence-electron chi connectivity index (χ4n) is 2.71. The van der Waals surface area contributed by atoms with Gasteiger partial charge in [0, 0.05) is 18.8 Å². The average Bonchev–Trinajstić information content (AvgIpc) is 2.54. The first-order chi connectivity index (χ1) is 10.5. The van der Waals surface area contributed by atoms with Gasteiger partial charge in [0.1, 0.15) is 10.6 Å². The molecule has 0 spiro atoms. The smallest absolute Gasteiger partial charge is 0.247 e. The molecule has 1 aliphatic rings. The second-order valence-electron chi connectivity index (χ2n) is 5.27. The lowest BCUT2D eigenvalue weighted by Gasteiger charge is -2.28. The summed E-state index contributed by atoms with van der Waals surface area (Å²) < 4.78 is 32.5. The average molecular weight is 318 g/mol. The highest BCUT2D eigenvalue weighted by Gasteiger charge is 2.30. The van der Waals surface area contributed by atoms with Crippen LogP contribution in [0.2, 0.25) is 0 Å². The van der Waals surface area contributed by atoms with Crippen molar-refractivity contribution in [1.29, 1.82) is 0 Å². The van der Waals surface area contributed by atoms with Crippen molar-refractivity contribution in [2.24, 2.45) is 0 Å². The van der Waals surface area contributed by atoms with Gasteiger partial charge in [0.15, 0.2) is 0 Å². The van der Waals surface area contributed by atoms with Gasteiger partial charge in [-0.1, -0.05) is 24.3 Å². The molecule has 2 aromatic rings. The van der Waals surface area contributed by atoms with Crippen LogP contribution in [0.1, 0.15) is 11.1 Å². The first-order valence-corrected chi connectivity index (χ1v) is 8.47. The molecule has 3 rings (SSSR count). The summed E-state index contributed by atoms with van der Waals surface area (Å²) in [6.45, 7) is 0.827. The van der Waals surface area contributed by atoms with Gasteiger partial charge in [-0.15, -0.1) is 0 Å². The van der Waals surface area contributed by atoms with E-state index in [0.717, 1.165) is 5.56 Å². The van der Waals surface area contributed by atoms with Crippen molar-refractivity contribution in [3.05, 3.63) is 53.6 Å². The molecule has 22 heavy (non-hydrogen) atoms. The minimum Gasteiger partial charge on any atom is -0.495 e. The van der Waals surface area contributed by atoms with Crippen molar-refractivity contribution >= 4 is 15.7 Å². The van der Waals surface area contributed by atoms with Crippen LogP contribution in [0.5, 0.6) is 5.75 Å². The number of rotatable bonds is 3. The van der Waals surface area contributed by atoms with Gasteiger partial charge in [0.2, 0.25) is 10.0 Å². The lowest BCUT2D eigenvalue weighted by Crippen LogP contribution is -2.36. The number of methoxy groups -OCH3 is 1. The van der Waals surface area contributed by atoms with Crippen LogP contribution in [0.3, 0.4) is 0 Å². The van der Waals surface area contributed by atoms with Crippen molar-refractivity contribution in [1.82, 2.24) is 4.31 Å². The largest absolute Gasteiger partial charge is 0.495 e. The SMILES string of the molecule is COc1ccc(N)cc1S(=O)(=O)N1CCc2ccccc2C1. The molecular formula is C16H18N2O3S. The van der Waals surface area contributed by atoms with Crippen molar-refractivity contribution in [3.63, 3.8) is 0 Å². The number of ether oxygens (including phenoxy) is 1. The number of nitrogen functional groups attached to an aromatic ring is 1. The van der Waals surface area contributed by atoms with Crippen LogP contribution in [0, 0.1) is 0 Å². The zero-order chi connectivity index (χ0) is 15.7. The highest BCUT2D eigenvalue weighted by Crippen LogP contribution is 2.31. The number of benzene rings is 2.